The Kier molecular flexibility index (Phi) is 6.00. The Morgan fingerprint density at radius 2 is 1.23 bits per heavy atom. The van der Waals surface area contributed by atoms with Crippen LogP contribution in [-0.2, 0) is 5.41 Å². The normalized spacial score (nSPS) is 12.1. The standard InChI is InChI=1S/C42H32N4O/c1-42(2,3)35-16-11-23-43-41(35)46-38-18-10-8-15-32(38)33-22-20-29(25-39(33)46)47-28-19-21-30-31-14-7-9-17-37(31)45-26-36(27-12-5-4-6-13-27)44-40(45)34(30)24-28/h4-26H,1-3H3. The van der Waals surface area contributed by atoms with Crippen LogP contribution in [0.4, 0.5) is 0 Å². The number of imidazole rings is 1. The molecule has 0 aliphatic carbocycles. The number of fused-ring (bicyclic) bond motifs is 9. The van der Waals surface area contributed by atoms with E-state index in [-0.39, 0.29) is 5.41 Å². The first-order chi connectivity index (χ1) is 22.9. The van der Waals surface area contributed by atoms with Crippen LogP contribution in [0.1, 0.15) is 26.3 Å². The fraction of sp³-hybridized carbons (Fsp3) is 0.0952. The summed E-state index contributed by atoms with van der Waals surface area (Å²) in [6, 6.07) is 44.3. The molecule has 4 aromatic heterocycles. The summed E-state index contributed by atoms with van der Waals surface area (Å²) in [7, 11) is 0. The van der Waals surface area contributed by atoms with Gasteiger partial charge in [0.15, 0.2) is 0 Å². The SMILES string of the molecule is CC(C)(C)c1cccnc1-n1c2ccccc2c2ccc(Oc3ccc4c5ccccc5n5cc(-c6ccccc6)nc5c4c3)cc21. The zero-order valence-electron chi connectivity index (χ0n) is 26.5. The molecule has 4 heterocycles. The lowest BCUT2D eigenvalue weighted by Gasteiger charge is -2.23. The second kappa shape index (κ2) is 10.3. The van der Waals surface area contributed by atoms with Gasteiger partial charge in [0.2, 0.25) is 0 Å². The van der Waals surface area contributed by atoms with E-state index in [1.54, 1.807) is 0 Å². The minimum atomic E-state index is -0.0801. The summed E-state index contributed by atoms with van der Waals surface area (Å²) in [5, 5.41) is 5.71. The van der Waals surface area contributed by atoms with Gasteiger partial charge in [-0.1, -0.05) is 93.6 Å². The van der Waals surface area contributed by atoms with Crippen LogP contribution in [0.2, 0.25) is 0 Å². The number of ether oxygens (including phenoxy) is 1. The molecule has 0 radical (unpaired) electrons. The van der Waals surface area contributed by atoms with Gasteiger partial charge in [0, 0.05) is 51.1 Å². The molecule has 5 heteroatoms. The number of nitrogens with zero attached hydrogens (tertiary/aromatic N) is 4. The van der Waals surface area contributed by atoms with Gasteiger partial charge >= 0.3 is 0 Å². The zero-order valence-corrected chi connectivity index (χ0v) is 26.5. The van der Waals surface area contributed by atoms with E-state index in [0.717, 1.165) is 66.9 Å². The van der Waals surface area contributed by atoms with Crippen molar-refractivity contribution in [1.29, 1.82) is 0 Å². The van der Waals surface area contributed by atoms with Crippen molar-refractivity contribution in [3.05, 3.63) is 145 Å². The van der Waals surface area contributed by atoms with Gasteiger partial charge in [-0.3, -0.25) is 8.97 Å². The number of pyridine rings is 2. The van der Waals surface area contributed by atoms with Crippen molar-refractivity contribution < 1.29 is 4.74 Å². The molecule has 0 saturated carbocycles. The van der Waals surface area contributed by atoms with Crippen molar-refractivity contribution in [2.24, 2.45) is 0 Å². The highest BCUT2D eigenvalue weighted by Gasteiger charge is 2.23. The Bertz CT molecular complexity index is 2640. The lowest BCUT2D eigenvalue weighted by atomic mass is 9.87. The monoisotopic (exact) mass is 608 g/mol. The van der Waals surface area contributed by atoms with Gasteiger partial charge in [0.25, 0.3) is 0 Å². The molecule has 226 valence electrons. The third kappa shape index (κ3) is 4.38. The Labute approximate surface area is 272 Å². The summed E-state index contributed by atoms with van der Waals surface area (Å²) in [5.41, 5.74) is 7.35. The summed E-state index contributed by atoms with van der Waals surface area (Å²) in [6.45, 7) is 6.70. The molecule has 0 N–H and O–H groups in total. The molecule has 0 fully saturated rings. The fourth-order valence-electron chi connectivity index (χ4n) is 6.96. The first-order valence-electron chi connectivity index (χ1n) is 16.0. The third-order valence-electron chi connectivity index (χ3n) is 9.15. The second-order valence-corrected chi connectivity index (χ2v) is 13.2. The van der Waals surface area contributed by atoms with Crippen LogP contribution in [0.3, 0.4) is 0 Å². The number of para-hydroxylation sites is 2. The van der Waals surface area contributed by atoms with Crippen LogP contribution in [0, 0.1) is 0 Å². The molecule has 0 aliphatic heterocycles. The molecule has 5 nitrogen and oxygen atoms in total. The molecule has 0 aliphatic rings. The fourth-order valence-corrected chi connectivity index (χ4v) is 6.96. The van der Waals surface area contributed by atoms with Gasteiger partial charge in [-0.15, -0.1) is 0 Å². The van der Waals surface area contributed by atoms with Gasteiger partial charge in [-0.2, -0.15) is 0 Å². The molecule has 0 bridgehead atoms. The second-order valence-electron chi connectivity index (χ2n) is 13.2. The maximum atomic E-state index is 6.66. The van der Waals surface area contributed by atoms with Crippen LogP contribution >= 0.6 is 0 Å². The molecule has 0 amide bonds. The summed E-state index contributed by atoms with van der Waals surface area (Å²) in [4.78, 5) is 10.1. The summed E-state index contributed by atoms with van der Waals surface area (Å²) in [6.07, 6.45) is 4.01. The van der Waals surface area contributed by atoms with Crippen molar-refractivity contribution in [2.75, 3.05) is 0 Å². The van der Waals surface area contributed by atoms with Crippen molar-refractivity contribution in [1.82, 2.24) is 18.9 Å². The van der Waals surface area contributed by atoms with Crippen LogP contribution in [-0.4, -0.2) is 18.9 Å². The number of hydrogen-bond donors (Lipinski definition) is 0. The summed E-state index contributed by atoms with van der Waals surface area (Å²) in [5.74, 6) is 2.46. The molecular formula is C42H32N4O. The van der Waals surface area contributed by atoms with Crippen molar-refractivity contribution in [3.8, 4) is 28.6 Å². The average molecular weight is 609 g/mol. The number of aromatic nitrogens is 4. The minimum Gasteiger partial charge on any atom is -0.457 e. The largest absolute Gasteiger partial charge is 0.457 e. The van der Waals surface area contributed by atoms with E-state index in [9.17, 15) is 0 Å². The zero-order chi connectivity index (χ0) is 31.7. The minimum absolute atomic E-state index is 0.0801. The maximum absolute atomic E-state index is 6.66. The van der Waals surface area contributed by atoms with Crippen molar-refractivity contribution in [3.63, 3.8) is 0 Å². The Morgan fingerprint density at radius 3 is 2.02 bits per heavy atom. The molecule has 0 unspecified atom stereocenters. The van der Waals surface area contributed by atoms with Gasteiger partial charge in [0.1, 0.15) is 23.0 Å². The third-order valence-corrected chi connectivity index (χ3v) is 9.15. The highest BCUT2D eigenvalue weighted by Crippen LogP contribution is 2.39. The van der Waals surface area contributed by atoms with Crippen molar-refractivity contribution >= 4 is 49.1 Å². The predicted octanol–water partition coefficient (Wildman–Crippen LogP) is 10.9. The van der Waals surface area contributed by atoms with E-state index >= 15 is 0 Å². The maximum Gasteiger partial charge on any atom is 0.146 e. The van der Waals surface area contributed by atoms with Crippen LogP contribution in [0.25, 0.3) is 66.2 Å². The Morgan fingerprint density at radius 1 is 0.574 bits per heavy atom. The average Bonchev–Trinajstić information content (AvgIpc) is 3.69. The summed E-state index contributed by atoms with van der Waals surface area (Å²) < 4.78 is 11.1. The van der Waals surface area contributed by atoms with Gasteiger partial charge in [-0.05, 0) is 59.3 Å². The van der Waals surface area contributed by atoms with Gasteiger partial charge < -0.3 is 4.74 Å². The lowest BCUT2D eigenvalue weighted by Crippen LogP contribution is -2.16. The van der Waals surface area contributed by atoms with Gasteiger partial charge in [0.05, 0.1) is 22.2 Å². The summed E-state index contributed by atoms with van der Waals surface area (Å²) >= 11 is 0. The first-order valence-corrected chi connectivity index (χ1v) is 16.0. The van der Waals surface area contributed by atoms with E-state index in [2.05, 4.69) is 151 Å². The molecule has 5 aromatic carbocycles. The molecule has 0 atom stereocenters. The van der Waals surface area contributed by atoms with E-state index in [4.69, 9.17) is 14.7 Å². The molecule has 9 rings (SSSR count). The first kappa shape index (κ1) is 27.4. The number of benzene rings is 5. The molecule has 9 aromatic rings. The lowest BCUT2D eigenvalue weighted by molar-refractivity contribution is 0.484. The number of hydrogen-bond acceptors (Lipinski definition) is 3. The number of rotatable bonds is 4. The predicted molar refractivity (Wildman–Crippen MR) is 193 cm³/mol. The van der Waals surface area contributed by atoms with Crippen LogP contribution < -0.4 is 4.74 Å². The molecule has 0 saturated heterocycles. The van der Waals surface area contributed by atoms with Crippen LogP contribution in [0.15, 0.2) is 140 Å². The van der Waals surface area contributed by atoms with Gasteiger partial charge in [-0.25, -0.2) is 9.97 Å². The highest BCUT2D eigenvalue weighted by molar-refractivity contribution is 6.12. The Balaban J connectivity index is 1.22. The van der Waals surface area contributed by atoms with E-state index < -0.39 is 0 Å². The van der Waals surface area contributed by atoms with E-state index in [1.807, 2.05) is 18.3 Å². The Hall–Kier alpha value is -5.94. The topological polar surface area (TPSA) is 44.4 Å². The molecule has 47 heavy (non-hydrogen) atoms. The highest BCUT2D eigenvalue weighted by atomic mass is 16.5. The quantitative estimate of drug-likeness (QED) is 0.187. The van der Waals surface area contributed by atoms with Crippen molar-refractivity contribution in [2.45, 2.75) is 26.2 Å². The molecular weight excluding hydrogens is 576 g/mol. The van der Waals surface area contributed by atoms with E-state index in [1.165, 1.54) is 16.3 Å². The van der Waals surface area contributed by atoms with Crippen LogP contribution in [0.5, 0.6) is 11.5 Å². The molecule has 0 spiro atoms. The van der Waals surface area contributed by atoms with E-state index in [0.29, 0.717) is 0 Å². The smallest absolute Gasteiger partial charge is 0.146 e.